The highest BCUT2D eigenvalue weighted by Crippen LogP contribution is 2.29. The highest BCUT2D eigenvalue weighted by Gasteiger charge is 2.19. The van der Waals surface area contributed by atoms with Crippen molar-refractivity contribution in [2.24, 2.45) is 7.05 Å². The van der Waals surface area contributed by atoms with Crippen LogP contribution in [0.1, 0.15) is 43.0 Å². The molecule has 0 atom stereocenters. The molecular formula is C19H26N+. The van der Waals surface area contributed by atoms with E-state index in [9.17, 15) is 0 Å². The lowest BCUT2D eigenvalue weighted by molar-refractivity contribution is -0.661. The normalized spacial score (nSPS) is 11.8. The van der Waals surface area contributed by atoms with E-state index in [-0.39, 0.29) is 5.41 Å². The molecule has 0 spiro atoms. The maximum absolute atomic E-state index is 2.33. The Morgan fingerprint density at radius 3 is 2.05 bits per heavy atom. The van der Waals surface area contributed by atoms with Crippen molar-refractivity contribution < 1.29 is 4.57 Å². The summed E-state index contributed by atoms with van der Waals surface area (Å²) >= 11 is 0. The first-order valence-corrected chi connectivity index (χ1v) is 7.28. The van der Waals surface area contributed by atoms with Crippen LogP contribution >= 0.6 is 0 Å². The second kappa shape index (κ2) is 5.05. The zero-order chi connectivity index (χ0) is 15.1. The number of aryl methyl sites for hydroxylation is 4. The van der Waals surface area contributed by atoms with Crippen molar-refractivity contribution in [3.63, 3.8) is 0 Å². The van der Waals surface area contributed by atoms with E-state index >= 15 is 0 Å². The van der Waals surface area contributed by atoms with Crippen LogP contribution in [0.2, 0.25) is 0 Å². The molecule has 1 aromatic heterocycles. The van der Waals surface area contributed by atoms with E-state index < -0.39 is 0 Å². The zero-order valence-electron chi connectivity index (χ0n) is 13.8. The summed E-state index contributed by atoms with van der Waals surface area (Å²) in [6.07, 6.45) is 2.19. The lowest BCUT2D eigenvalue weighted by atomic mass is 9.85. The summed E-state index contributed by atoms with van der Waals surface area (Å²) < 4.78 is 2.24. The summed E-state index contributed by atoms with van der Waals surface area (Å²) in [4.78, 5) is 0. The van der Waals surface area contributed by atoms with Crippen molar-refractivity contribution in [3.8, 4) is 11.3 Å². The van der Waals surface area contributed by atoms with E-state index in [4.69, 9.17) is 0 Å². The van der Waals surface area contributed by atoms with Gasteiger partial charge < -0.3 is 0 Å². The molecular weight excluding hydrogens is 242 g/mol. The van der Waals surface area contributed by atoms with Crippen LogP contribution in [0, 0.1) is 20.8 Å². The third-order valence-electron chi connectivity index (χ3n) is 3.92. The Hall–Kier alpha value is -1.63. The molecule has 20 heavy (non-hydrogen) atoms. The number of hydrogen-bond acceptors (Lipinski definition) is 0. The van der Waals surface area contributed by atoms with Gasteiger partial charge in [0.1, 0.15) is 7.05 Å². The molecule has 0 bridgehead atoms. The van der Waals surface area contributed by atoms with Gasteiger partial charge in [-0.15, -0.1) is 0 Å². The summed E-state index contributed by atoms with van der Waals surface area (Å²) in [5.41, 5.74) is 8.22. The Bertz CT molecular complexity index is 622. The van der Waals surface area contributed by atoms with Gasteiger partial charge in [-0.2, -0.15) is 0 Å². The van der Waals surface area contributed by atoms with Gasteiger partial charge in [-0.25, -0.2) is 4.57 Å². The third kappa shape index (κ3) is 2.77. The summed E-state index contributed by atoms with van der Waals surface area (Å²) in [5, 5.41) is 0. The Morgan fingerprint density at radius 2 is 1.55 bits per heavy atom. The van der Waals surface area contributed by atoms with E-state index in [0.717, 1.165) is 0 Å². The summed E-state index contributed by atoms with van der Waals surface area (Å²) in [7, 11) is 2.13. The molecule has 0 amide bonds. The van der Waals surface area contributed by atoms with Crippen LogP contribution in [0.3, 0.4) is 0 Å². The van der Waals surface area contributed by atoms with Crippen LogP contribution in [0.15, 0.2) is 30.5 Å². The van der Waals surface area contributed by atoms with Gasteiger partial charge in [0.15, 0.2) is 6.20 Å². The average molecular weight is 268 g/mol. The van der Waals surface area contributed by atoms with Crippen LogP contribution < -0.4 is 4.57 Å². The first-order valence-electron chi connectivity index (χ1n) is 7.28. The van der Waals surface area contributed by atoms with Gasteiger partial charge in [0.2, 0.25) is 5.69 Å². The minimum Gasteiger partial charge on any atom is -0.201 e. The molecule has 0 aliphatic carbocycles. The fraction of sp³-hybridized carbons (Fsp3) is 0.421. The molecule has 1 heteroatoms. The Morgan fingerprint density at radius 1 is 0.900 bits per heavy atom. The number of benzene rings is 1. The highest BCUT2D eigenvalue weighted by molar-refractivity contribution is 5.65. The molecule has 106 valence electrons. The molecule has 0 aliphatic rings. The van der Waals surface area contributed by atoms with Crippen molar-refractivity contribution >= 4 is 0 Å². The summed E-state index contributed by atoms with van der Waals surface area (Å²) in [6.45, 7) is 13.3. The van der Waals surface area contributed by atoms with Crippen molar-refractivity contribution in [1.29, 1.82) is 0 Å². The molecule has 0 radical (unpaired) electrons. The number of rotatable bonds is 1. The monoisotopic (exact) mass is 268 g/mol. The van der Waals surface area contributed by atoms with Gasteiger partial charge in [-0.1, -0.05) is 32.9 Å². The molecule has 2 aromatic rings. The van der Waals surface area contributed by atoms with Crippen molar-refractivity contribution in [2.75, 3.05) is 0 Å². The van der Waals surface area contributed by atoms with Crippen LogP contribution in [-0.2, 0) is 12.5 Å². The molecule has 0 aliphatic heterocycles. The minimum atomic E-state index is 0.202. The second-order valence-electron chi connectivity index (χ2n) is 6.94. The molecule has 1 heterocycles. The fourth-order valence-corrected chi connectivity index (χ4v) is 2.89. The summed E-state index contributed by atoms with van der Waals surface area (Å²) in [6, 6.07) is 9.12. The van der Waals surface area contributed by atoms with E-state index in [0.29, 0.717) is 0 Å². The maximum atomic E-state index is 2.33. The third-order valence-corrected chi connectivity index (χ3v) is 3.92. The van der Waals surface area contributed by atoms with E-state index in [1.165, 1.54) is 33.5 Å². The van der Waals surface area contributed by atoms with Crippen LogP contribution in [0.5, 0.6) is 0 Å². The fourth-order valence-electron chi connectivity index (χ4n) is 2.89. The molecule has 2 rings (SSSR count). The van der Waals surface area contributed by atoms with Gasteiger partial charge in [0, 0.05) is 16.7 Å². The smallest absolute Gasteiger partial charge is 0.201 e. The number of aromatic nitrogens is 1. The van der Waals surface area contributed by atoms with Gasteiger partial charge in [-0.3, -0.25) is 0 Å². The van der Waals surface area contributed by atoms with Crippen molar-refractivity contribution in [3.05, 3.63) is 52.7 Å². The van der Waals surface area contributed by atoms with Crippen molar-refractivity contribution in [1.82, 2.24) is 0 Å². The van der Waals surface area contributed by atoms with E-state index in [2.05, 4.69) is 83.6 Å². The van der Waals surface area contributed by atoms with E-state index in [1.807, 2.05) is 0 Å². The minimum absolute atomic E-state index is 0.202. The Kier molecular flexibility index (Phi) is 3.73. The molecule has 0 saturated carbocycles. The zero-order valence-corrected chi connectivity index (χ0v) is 13.8. The van der Waals surface area contributed by atoms with E-state index in [1.54, 1.807) is 0 Å². The quantitative estimate of drug-likeness (QED) is 0.675. The standard InChI is InChI=1S/C19H26N/c1-13-10-15(3)18(20(7)12-13)17-9-8-16(11-14(17)2)19(4,5)6/h8-12H,1-7H3/q+1. The first-order chi connectivity index (χ1) is 9.20. The molecule has 1 nitrogen and oxygen atoms in total. The lowest BCUT2D eigenvalue weighted by Gasteiger charge is -2.20. The Labute approximate surface area is 123 Å². The topological polar surface area (TPSA) is 3.88 Å². The predicted octanol–water partition coefficient (Wildman–Crippen LogP) is 4.40. The largest absolute Gasteiger partial charge is 0.215 e. The molecule has 0 N–H and O–H groups in total. The summed E-state index contributed by atoms with van der Waals surface area (Å²) in [5.74, 6) is 0. The molecule has 0 unspecified atom stereocenters. The number of pyridine rings is 1. The molecule has 0 fully saturated rings. The van der Waals surface area contributed by atoms with Crippen LogP contribution in [0.4, 0.5) is 0 Å². The van der Waals surface area contributed by atoms with Gasteiger partial charge in [0.05, 0.1) is 0 Å². The Balaban J connectivity index is 2.61. The number of nitrogens with zero attached hydrogens (tertiary/aromatic N) is 1. The van der Waals surface area contributed by atoms with Crippen molar-refractivity contribution in [2.45, 2.75) is 47.0 Å². The first kappa shape index (κ1) is 14.8. The van der Waals surface area contributed by atoms with Gasteiger partial charge in [-0.05, 0) is 49.4 Å². The van der Waals surface area contributed by atoms with Gasteiger partial charge >= 0.3 is 0 Å². The number of hydrogen-bond donors (Lipinski definition) is 0. The van der Waals surface area contributed by atoms with Crippen LogP contribution in [0.25, 0.3) is 11.3 Å². The average Bonchev–Trinajstić information content (AvgIpc) is 2.28. The SMILES string of the molecule is Cc1cc(C)c(-c2ccc(C(C)(C)C)cc2C)[n+](C)c1. The highest BCUT2D eigenvalue weighted by atomic mass is 14.9. The lowest BCUT2D eigenvalue weighted by Crippen LogP contribution is -2.32. The maximum Gasteiger partial charge on any atom is 0.215 e. The second-order valence-corrected chi connectivity index (χ2v) is 6.94. The predicted molar refractivity (Wildman–Crippen MR) is 86.0 cm³/mol. The molecule has 0 saturated heterocycles. The molecule has 1 aromatic carbocycles. The van der Waals surface area contributed by atoms with Crippen LogP contribution in [-0.4, -0.2) is 0 Å². The van der Waals surface area contributed by atoms with Gasteiger partial charge in [0.25, 0.3) is 0 Å².